The average Bonchev–Trinajstić information content (AvgIpc) is 3.72. The molecule has 1 saturated heterocycles. The average molecular weight is 618 g/mol. The normalized spacial score (nSPS) is 21.1. The number of carbonyl (C=O) groups is 6. The summed E-state index contributed by atoms with van der Waals surface area (Å²) in [5.41, 5.74) is -0.721. The molecule has 1 saturated carbocycles. The van der Waals surface area contributed by atoms with Crippen LogP contribution in [0, 0.1) is 29.1 Å². The van der Waals surface area contributed by atoms with E-state index >= 15 is 0 Å². The summed E-state index contributed by atoms with van der Waals surface area (Å²) in [6.07, 6.45) is 5.20. The molecule has 0 bridgehead atoms. The van der Waals surface area contributed by atoms with Crippen molar-refractivity contribution in [1.29, 1.82) is 0 Å². The quantitative estimate of drug-likeness (QED) is 0.154. The predicted molar refractivity (Wildman–Crippen MR) is 169 cm³/mol. The van der Waals surface area contributed by atoms with Crippen molar-refractivity contribution in [2.75, 3.05) is 13.1 Å². The molecule has 0 radical (unpaired) electrons. The highest BCUT2D eigenvalue weighted by Crippen LogP contribution is 2.34. The van der Waals surface area contributed by atoms with Crippen LogP contribution in [0.25, 0.3) is 0 Å². The Morgan fingerprint density at radius 1 is 0.977 bits per heavy atom. The number of Topliss-reactive ketones (excluding diaryl/α,β-unsaturated/α-hetero) is 2. The van der Waals surface area contributed by atoms with E-state index in [2.05, 4.69) is 41.7 Å². The number of urea groups is 1. The molecule has 11 nitrogen and oxygen atoms in total. The van der Waals surface area contributed by atoms with Crippen LogP contribution in [0.3, 0.4) is 0 Å². The first kappa shape index (κ1) is 36.9. The molecule has 248 valence electrons. The molecule has 44 heavy (non-hydrogen) atoms. The lowest BCUT2D eigenvalue weighted by Gasteiger charge is -2.36. The van der Waals surface area contributed by atoms with Gasteiger partial charge in [0.15, 0.2) is 5.78 Å². The van der Waals surface area contributed by atoms with Gasteiger partial charge in [0.1, 0.15) is 12.1 Å². The van der Waals surface area contributed by atoms with Crippen LogP contribution in [0.15, 0.2) is 12.7 Å². The van der Waals surface area contributed by atoms with E-state index in [9.17, 15) is 28.8 Å². The van der Waals surface area contributed by atoms with Crippen molar-refractivity contribution < 1.29 is 28.8 Å². The van der Waals surface area contributed by atoms with Gasteiger partial charge in [-0.15, -0.1) is 6.58 Å². The maximum absolute atomic E-state index is 14.2. The van der Waals surface area contributed by atoms with Gasteiger partial charge in [0.05, 0.1) is 12.1 Å². The Morgan fingerprint density at radius 3 is 2.11 bits per heavy atom. The summed E-state index contributed by atoms with van der Waals surface area (Å²) in [6, 6.07) is -4.16. The van der Waals surface area contributed by atoms with Crippen molar-refractivity contribution in [2.45, 2.75) is 118 Å². The summed E-state index contributed by atoms with van der Waals surface area (Å²) in [6.45, 7) is 19.2. The fourth-order valence-corrected chi connectivity index (χ4v) is 5.66. The molecule has 0 aromatic heterocycles. The van der Waals surface area contributed by atoms with E-state index < -0.39 is 59.1 Å². The van der Waals surface area contributed by atoms with Gasteiger partial charge in [-0.25, -0.2) is 4.79 Å². The molecule has 2 aliphatic rings. The Kier molecular flexibility index (Phi) is 13.6. The van der Waals surface area contributed by atoms with Crippen LogP contribution in [0.5, 0.6) is 0 Å². The maximum atomic E-state index is 14.2. The lowest BCUT2D eigenvalue weighted by atomic mass is 9.85. The molecule has 0 spiro atoms. The van der Waals surface area contributed by atoms with Gasteiger partial charge in [-0.1, -0.05) is 74.3 Å². The van der Waals surface area contributed by atoms with Gasteiger partial charge in [0.25, 0.3) is 5.91 Å². The molecule has 1 unspecified atom stereocenters. The fourth-order valence-electron chi connectivity index (χ4n) is 5.66. The van der Waals surface area contributed by atoms with Crippen LogP contribution in [0.2, 0.25) is 0 Å². The Bertz CT molecular complexity index is 1080. The number of hydrogen-bond donors (Lipinski definition) is 4. The van der Waals surface area contributed by atoms with Crippen LogP contribution in [-0.2, 0) is 24.0 Å². The van der Waals surface area contributed by atoms with Crippen LogP contribution < -0.4 is 21.3 Å². The molecule has 5 amide bonds. The van der Waals surface area contributed by atoms with E-state index in [-0.39, 0.29) is 42.4 Å². The first-order valence-corrected chi connectivity index (χ1v) is 16.2. The summed E-state index contributed by atoms with van der Waals surface area (Å²) in [4.78, 5) is 80.9. The fraction of sp³-hybridized carbons (Fsp3) is 0.758. The third-order valence-corrected chi connectivity index (χ3v) is 8.84. The van der Waals surface area contributed by atoms with Gasteiger partial charge in [-0.05, 0) is 48.9 Å². The second-order valence-electron chi connectivity index (χ2n) is 13.9. The number of nitrogens with zero attached hydrogens (tertiary/aromatic N) is 1. The van der Waals surface area contributed by atoms with Crippen molar-refractivity contribution >= 4 is 35.3 Å². The molecule has 2 fully saturated rings. The topological polar surface area (TPSA) is 154 Å². The van der Waals surface area contributed by atoms with E-state index in [1.807, 2.05) is 41.5 Å². The van der Waals surface area contributed by atoms with Crippen molar-refractivity contribution in [3.8, 4) is 0 Å². The third-order valence-electron chi connectivity index (χ3n) is 8.84. The van der Waals surface area contributed by atoms with Gasteiger partial charge >= 0.3 is 6.03 Å². The van der Waals surface area contributed by atoms with Gasteiger partial charge < -0.3 is 26.2 Å². The highest BCUT2D eigenvalue weighted by molar-refractivity contribution is 6.38. The molecule has 2 rings (SSSR count). The summed E-state index contributed by atoms with van der Waals surface area (Å²) in [7, 11) is 0. The minimum atomic E-state index is -1.03. The van der Waals surface area contributed by atoms with Crippen molar-refractivity contribution in [3.63, 3.8) is 0 Å². The third kappa shape index (κ3) is 9.89. The Balaban J connectivity index is 2.31. The minimum Gasteiger partial charge on any atom is -0.346 e. The molecule has 11 heteroatoms. The molecular formula is C33H55N5O6. The Labute approximate surface area is 263 Å². The lowest BCUT2D eigenvalue weighted by Crippen LogP contribution is -2.61. The van der Waals surface area contributed by atoms with Gasteiger partial charge in [0, 0.05) is 19.0 Å². The number of rotatable bonds is 16. The first-order valence-electron chi connectivity index (χ1n) is 16.2. The SMILES string of the molecule is C=CCNC(=O)C(=O)[C@H](CCC)NC(=O)[C@@H]1C[C@@H](C(C)CC)CN1C(=O)[C@@H](NC(=O)N[C@H](C(=O)C1CC1)C(C)C)C(C)(C)C. The smallest absolute Gasteiger partial charge is 0.316 e. The predicted octanol–water partition coefficient (Wildman–Crippen LogP) is 3.12. The Hall–Kier alpha value is -3.24. The van der Waals surface area contributed by atoms with Gasteiger partial charge in [-0.3, -0.25) is 24.0 Å². The van der Waals surface area contributed by atoms with E-state index in [4.69, 9.17) is 0 Å². The van der Waals surface area contributed by atoms with E-state index in [0.29, 0.717) is 19.4 Å². The minimum absolute atomic E-state index is 0.0100. The van der Waals surface area contributed by atoms with Crippen molar-refractivity contribution in [3.05, 3.63) is 12.7 Å². The Morgan fingerprint density at radius 2 is 1.61 bits per heavy atom. The molecule has 0 aromatic carbocycles. The number of hydrogen-bond acceptors (Lipinski definition) is 6. The zero-order chi connectivity index (χ0) is 33.4. The summed E-state index contributed by atoms with van der Waals surface area (Å²) < 4.78 is 0. The van der Waals surface area contributed by atoms with Crippen LogP contribution >= 0.6 is 0 Å². The van der Waals surface area contributed by atoms with Crippen molar-refractivity contribution in [2.24, 2.45) is 29.1 Å². The van der Waals surface area contributed by atoms with E-state index in [1.165, 1.54) is 11.0 Å². The number of carbonyl (C=O) groups excluding carboxylic acids is 6. The molecule has 1 heterocycles. The van der Waals surface area contributed by atoms with E-state index in [0.717, 1.165) is 19.3 Å². The summed E-state index contributed by atoms with van der Waals surface area (Å²) >= 11 is 0. The van der Waals surface area contributed by atoms with Crippen LogP contribution in [0.1, 0.15) is 93.9 Å². The first-order chi connectivity index (χ1) is 20.6. The zero-order valence-corrected chi connectivity index (χ0v) is 28.0. The standard InChI is InChI=1S/C33H55N5O6/c1-10-13-23(27(40)30(42)34-16-11-2)35-29(41)24-17-22(20(6)12-3)18-38(24)31(43)28(33(7,8)9)37-32(44)36-25(19(4)5)26(39)21-14-15-21/h11,19-25,28H,2,10,12-18H2,1,3-9H3,(H,34,42)(H,35,41)(H2,36,37,44)/t20?,22-,23+,24+,25+,28-/m1/s1. The second-order valence-corrected chi connectivity index (χ2v) is 13.9. The molecule has 0 aromatic rings. The van der Waals surface area contributed by atoms with Gasteiger partial charge in [0.2, 0.25) is 17.6 Å². The monoisotopic (exact) mass is 617 g/mol. The van der Waals surface area contributed by atoms with Gasteiger partial charge in [-0.2, -0.15) is 0 Å². The lowest BCUT2D eigenvalue weighted by molar-refractivity contribution is -0.143. The molecule has 6 atom stereocenters. The largest absolute Gasteiger partial charge is 0.346 e. The number of nitrogens with one attached hydrogen (secondary N) is 4. The maximum Gasteiger partial charge on any atom is 0.316 e. The number of likely N-dealkylation sites (tertiary alicyclic amines) is 1. The van der Waals surface area contributed by atoms with E-state index in [1.54, 1.807) is 0 Å². The number of amides is 5. The zero-order valence-electron chi connectivity index (χ0n) is 28.0. The molecule has 1 aliphatic carbocycles. The molecular weight excluding hydrogens is 562 g/mol. The van der Waals surface area contributed by atoms with Crippen LogP contribution in [0.4, 0.5) is 4.79 Å². The molecule has 1 aliphatic heterocycles. The highest BCUT2D eigenvalue weighted by atomic mass is 16.2. The second kappa shape index (κ2) is 16.2. The molecule has 4 N–H and O–H groups in total. The summed E-state index contributed by atoms with van der Waals surface area (Å²) in [5, 5.41) is 10.9. The highest BCUT2D eigenvalue weighted by Gasteiger charge is 2.47. The van der Waals surface area contributed by atoms with Crippen molar-refractivity contribution in [1.82, 2.24) is 26.2 Å². The number of ketones is 2. The summed E-state index contributed by atoms with van der Waals surface area (Å²) in [5.74, 6) is -2.33. The van der Waals surface area contributed by atoms with Crippen LogP contribution in [-0.4, -0.2) is 77.5 Å².